The van der Waals surface area contributed by atoms with Gasteiger partial charge in [0.15, 0.2) is 0 Å². The lowest BCUT2D eigenvalue weighted by molar-refractivity contribution is -0.298. The van der Waals surface area contributed by atoms with Crippen molar-refractivity contribution in [3.63, 3.8) is 0 Å². The van der Waals surface area contributed by atoms with Gasteiger partial charge in [0.25, 0.3) is 0 Å². The quantitative estimate of drug-likeness (QED) is 0.704. The second kappa shape index (κ2) is 3.66. The monoisotopic (exact) mass is 316 g/mol. The van der Waals surface area contributed by atoms with Gasteiger partial charge in [-0.1, -0.05) is 36.4 Å². The molecule has 3 aliphatic carbocycles. The Bertz CT molecular complexity index is 804. The first-order chi connectivity index (χ1) is 11.9. The summed E-state index contributed by atoms with van der Waals surface area (Å²) < 4.78 is 13.0. The number of benzene rings is 2. The first-order valence-corrected chi connectivity index (χ1v) is 9.37. The van der Waals surface area contributed by atoms with Crippen molar-refractivity contribution < 1.29 is 9.47 Å². The molecule has 3 saturated carbocycles. The van der Waals surface area contributed by atoms with Crippen LogP contribution in [0.1, 0.15) is 48.6 Å². The zero-order valence-electron chi connectivity index (χ0n) is 13.6. The van der Waals surface area contributed by atoms with Crippen LogP contribution in [0.25, 0.3) is 0 Å². The highest BCUT2D eigenvalue weighted by Crippen LogP contribution is 2.87. The normalized spacial score (nSPS) is 45.0. The molecule has 2 nitrogen and oxygen atoms in total. The summed E-state index contributed by atoms with van der Waals surface area (Å²) >= 11 is 0. The molecule has 7 rings (SSSR count). The largest absolute Gasteiger partial charge is 0.490 e. The molecule has 0 radical (unpaired) electrons. The topological polar surface area (TPSA) is 18.5 Å². The molecular weight excluding hydrogens is 296 g/mol. The van der Waals surface area contributed by atoms with E-state index < -0.39 is 0 Å². The van der Waals surface area contributed by atoms with Gasteiger partial charge in [0.1, 0.15) is 23.7 Å². The van der Waals surface area contributed by atoms with Gasteiger partial charge in [0, 0.05) is 22.7 Å². The van der Waals surface area contributed by atoms with Crippen molar-refractivity contribution in [1.82, 2.24) is 0 Å². The first kappa shape index (κ1) is 12.4. The van der Waals surface area contributed by atoms with Crippen LogP contribution in [-0.2, 0) is 0 Å². The van der Waals surface area contributed by atoms with E-state index in [-0.39, 0.29) is 0 Å². The number of hydrogen-bond donors (Lipinski definition) is 0. The van der Waals surface area contributed by atoms with Gasteiger partial charge in [0.2, 0.25) is 0 Å². The fourth-order valence-electron chi connectivity index (χ4n) is 7.20. The molecule has 2 heteroatoms. The summed E-state index contributed by atoms with van der Waals surface area (Å²) in [5.41, 5.74) is 3.56. The van der Waals surface area contributed by atoms with Gasteiger partial charge in [-0.3, -0.25) is 0 Å². The van der Waals surface area contributed by atoms with E-state index in [1.807, 2.05) is 0 Å². The Morgan fingerprint density at radius 2 is 1.12 bits per heavy atom. The molecule has 2 heterocycles. The van der Waals surface area contributed by atoms with E-state index in [4.69, 9.17) is 9.47 Å². The van der Waals surface area contributed by atoms with Gasteiger partial charge in [-0.05, 0) is 48.9 Å². The molecule has 2 aromatic carbocycles. The number of rotatable bonds is 0. The lowest BCUT2D eigenvalue weighted by Crippen LogP contribution is -2.79. The fraction of sp³-hybridized carbons (Fsp3) is 0.455. The molecule has 24 heavy (non-hydrogen) atoms. The summed E-state index contributed by atoms with van der Waals surface area (Å²) in [5, 5.41) is 0. The molecule has 120 valence electrons. The maximum atomic E-state index is 6.48. The average Bonchev–Trinajstić information content (AvgIpc) is 2.55. The van der Waals surface area contributed by atoms with Crippen molar-refractivity contribution in [3.05, 3.63) is 59.7 Å². The Morgan fingerprint density at radius 3 is 1.54 bits per heavy atom. The highest BCUT2D eigenvalue weighted by Gasteiger charge is 2.83. The maximum Gasteiger partial charge on any atom is 0.123 e. The second-order valence-corrected chi connectivity index (χ2v) is 8.46. The van der Waals surface area contributed by atoms with E-state index in [1.165, 1.54) is 36.8 Å². The van der Waals surface area contributed by atoms with Crippen LogP contribution < -0.4 is 9.47 Å². The van der Waals surface area contributed by atoms with E-state index in [0.717, 1.165) is 11.5 Å². The third-order valence-corrected chi connectivity index (χ3v) is 8.03. The van der Waals surface area contributed by atoms with Crippen molar-refractivity contribution in [2.45, 2.75) is 49.7 Å². The summed E-state index contributed by atoms with van der Waals surface area (Å²) in [6.07, 6.45) is 5.85. The molecular formula is C22H20O2. The lowest BCUT2D eigenvalue weighted by atomic mass is 9.25. The smallest absolute Gasteiger partial charge is 0.123 e. The predicted octanol–water partition coefficient (Wildman–Crippen LogP) is 4.65. The van der Waals surface area contributed by atoms with E-state index in [9.17, 15) is 0 Å². The molecule has 0 N–H and O–H groups in total. The van der Waals surface area contributed by atoms with Crippen molar-refractivity contribution >= 4 is 0 Å². The van der Waals surface area contributed by atoms with Gasteiger partial charge in [-0.15, -0.1) is 0 Å². The zero-order valence-corrected chi connectivity index (χ0v) is 13.6. The molecule has 2 aromatic rings. The SMILES string of the molecule is c1ccc2c(c1)OC1CCC13C2C12CCC1Oc1ccccc1C32. The highest BCUT2D eigenvalue weighted by atomic mass is 16.5. The van der Waals surface area contributed by atoms with Gasteiger partial charge < -0.3 is 9.47 Å². The van der Waals surface area contributed by atoms with Crippen LogP contribution >= 0.6 is 0 Å². The van der Waals surface area contributed by atoms with E-state index in [0.29, 0.717) is 34.9 Å². The van der Waals surface area contributed by atoms with Crippen molar-refractivity contribution in [1.29, 1.82) is 0 Å². The summed E-state index contributed by atoms with van der Waals surface area (Å²) in [6, 6.07) is 17.6. The minimum atomic E-state index is 0.326. The van der Waals surface area contributed by atoms with Crippen LogP contribution in [0.15, 0.2) is 48.5 Å². The Labute approximate surface area is 141 Å². The van der Waals surface area contributed by atoms with Gasteiger partial charge in [-0.2, -0.15) is 0 Å². The highest BCUT2D eigenvalue weighted by molar-refractivity contribution is 5.57. The molecule has 0 saturated heterocycles. The summed E-state index contributed by atoms with van der Waals surface area (Å²) in [7, 11) is 0. The Balaban J connectivity index is 1.50. The molecule has 0 bridgehead atoms. The Morgan fingerprint density at radius 1 is 0.667 bits per heavy atom. The maximum absolute atomic E-state index is 6.48. The van der Waals surface area contributed by atoms with Crippen LogP contribution in [0.3, 0.4) is 0 Å². The van der Waals surface area contributed by atoms with Crippen LogP contribution in [-0.4, -0.2) is 12.2 Å². The van der Waals surface area contributed by atoms with Gasteiger partial charge >= 0.3 is 0 Å². The molecule has 2 spiro atoms. The molecule has 2 aliphatic heterocycles. The molecule has 2 unspecified atom stereocenters. The minimum Gasteiger partial charge on any atom is -0.490 e. The lowest BCUT2D eigenvalue weighted by Gasteiger charge is -2.81. The van der Waals surface area contributed by atoms with Crippen LogP contribution in [0.5, 0.6) is 11.5 Å². The van der Waals surface area contributed by atoms with E-state index in [2.05, 4.69) is 48.5 Å². The standard InChI is InChI=1S/C22H20O2/c1-3-7-15-13(5-1)19-21(11-9-17(21)23-15)20-14-6-2-4-8-16(14)24-18-10-12-22(18,19)20/h1-8,17-20H,9-12H2. The summed E-state index contributed by atoms with van der Waals surface area (Å²) in [4.78, 5) is 0. The van der Waals surface area contributed by atoms with Crippen molar-refractivity contribution in [2.24, 2.45) is 10.8 Å². The first-order valence-electron chi connectivity index (χ1n) is 9.37. The zero-order chi connectivity index (χ0) is 15.5. The second-order valence-electron chi connectivity index (χ2n) is 8.46. The van der Waals surface area contributed by atoms with Crippen LogP contribution in [0, 0.1) is 10.8 Å². The molecule has 0 amide bonds. The average molecular weight is 316 g/mol. The van der Waals surface area contributed by atoms with E-state index in [1.54, 1.807) is 0 Å². The number of ether oxygens (including phenoxy) is 2. The van der Waals surface area contributed by atoms with Gasteiger partial charge in [0.05, 0.1) is 0 Å². The van der Waals surface area contributed by atoms with Crippen molar-refractivity contribution in [2.75, 3.05) is 0 Å². The molecule has 0 aromatic heterocycles. The Kier molecular flexibility index (Phi) is 1.89. The molecule has 2 atom stereocenters. The minimum absolute atomic E-state index is 0.326. The van der Waals surface area contributed by atoms with Gasteiger partial charge in [-0.25, -0.2) is 0 Å². The summed E-state index contributed by atoms with van der Waals surface area (Å²) in [5.74, 6) is 3.54. The Hall–Kier alpha value is -1.96. The predicted molar refractivity (Wildman–Crippen MR) is 90.5 cm³/mol. The number of fused-ring (bicyclic) bond motifs is 4. The third kappa shape index (κ3) is 1.03. The van der Waals surface area contributed by atoms with Crippen LogP contribution in [0.4, 0.5) is 0 Å². The van der Waals surface area contributed by atoms with E-state index >= 15 is 0 Å². The molecule has 5 aliphatic rings. The third-order valence-electron chi connectivity index (χ3n) is 8.03. The fourth-order valence-corrected chi connectivity index (χ4v) is 7.20. The van der Waals surface area contributed by atoms with Crippen LogP contribution in [0.2, 0.25) is 0 Å². The number of hydrogen-bond acceptors (Lipinski definition) is 2. The summed E-state index contributed by atoms with van der Waals surface area (Å²) in [6.45, 7) is 0. The van der Waals surface area contributed by atoms with Crippen molar-refractivity contribution in [3.8, 4) is 11.5 Å². The molecule has 3 fully saturated rings. The number of para-hydroxylation sites is 2.